The Morgan fingerprint density at radius 1 is 1.21 bits per heavy atom. The number of nitrogens with two attached hydrogens (primary N) is 1. The van der Waals surface area contributed by atoms with Gasteiger partial charge in [-0.1, -0.05) is 36.4 Å². The number of pyridine rings is 1. The number of aromatic nitrogens is 1. The fraction of sp³-hybridized carbons (Fsp3) is 0.391. The zero-order valence-electron chi connectivity index (χ0n) is 16.7. The Morgan fingerprint density at radius 3 is 2.62 bits per heavy atom. The summed E-state index contributed by atoms with van der Waals surface area (Å²) in [6.45, 7) is 1.75. The van der Waals surface area contributed by atoms with Crippen molar-refractivity contribution < 1.29 is 9.59 Å². The Labute approximate surface area is 171 Å². The maximum Gasteiger partial charge on any atom is 0.223 e. The fourth-order valence-electron chi connectivity index (χ4n) is 3.88. The molecular formula is C23H28N4O2. The van der Waals surface area contributed by atoms with Crippen molar-refractivity contribution in [3.63, 3.8) is 0 Å². The number of hydrogen-bond donors (Lipinski definition) is 3. The quantitative estimate of drug-likeness (QED) is 0.474. The van der Waals surface area contributed by atoms with Crippen molar-refractivity contribution in [3.05, 3.63) is 65.5 Å². The molecule has 4 N–H and O–H groups in total. The van der Waals surface area contributed by atoms with E-state index in [0.717, 1.165) is 24.8 Å². The molecule has 0 bridgehead atoms. The van der Waals surface area contributed by atoms with Crippen LogP contribution in [0, 0.1) is 11.3 Å². The maximum absolute atomic E-state index is 12.6. The largest absolute Gasteiger partial charge is 0.382 e. The number of aryl methyl sites for hydroxylation is 1. The van der Waals surface area contributed by atoms with Gasteiger partial charge in [0.05, 0.1) is 6.04 Å². The number of amidine groups is 1. The smallest absolute Gasteiger partial charge is 0.223 e. The van der Waals surface area contributed by atoms with Crippen LogP contribution in [0.15, 0.2) is 48.7 Å². The number of carbonyl (C=O) groups is 2. The van der Waals surface area contributed by atoms with E-state index in [4.69, 9.17) is 11.1 Å². The monoisotopic (exact) mass is 392 g/mol. The molecule has 1 aromatic heterocycles. The Hall–Kier alpha value is -3.02. The van der Waals surface area contributed by atoms with Gasteiger partial charge < -0.3 is 11.1 Å². The van der Waals surface area contributed by atoms with Crippen molar-refractivity contribution in [2.24, 2.45) is 11.7 Å². The van der Waals surface area contributed by atoms with Crippen LogP contribution in [-0.2, 0) is 16.0 Å². The zero-order valence-corrected chi connectivity index (χ0v) is 16.7. The highest BCUT2D eigenvalue weighted by molar-refractivity contribution is 5.93. The van der Waals surface area contributed by atoms with E-state index in [1.165, 1.54) is 5.56 Å². The minimum absolute atomic E-state index is 0.00611. The molecule has 1 heterocycles. The molecule has 152 valence electrons. The summed E-state index contributed by atoms with van der Waals surface area (Å²) < 4.78 is 0. The molecule has 6 nitrogen and oxygen atoms in total. The number of rotatable bonds is 8. The maximum atomic E-state index is 12.6. The van der Waals surface area contributed by atoms with Gasteiger partial charge in [-0.25, -0.2) is 0 Å². The van der Waals surface area contributed by atoms with Gasteiger partial charge >= 0.3 is 0 Å². The van der Waals surface area contributed by atoms with Gasteiger partial charge in [-0.3, -0.25) is 20.0 Å². The third-order valence-electron chi connectivity index (χ3n) is 5.68. The summed E-state index contributed by atoms with van der Waals surface area (Å²) in [4.78, 5) is 29.1. The van der Waals surface area contributed by atoms with Gasteiger partial charge in [-0.2, -0.15) is 0 Å². The van der Waals surface area contributed by atoms with Gasteiger partial charge in [0.2, 0.25) is 5.91 Å². The molecule has 3 rings (SSSR count). The van der Waals surface area contributed by atoms with E-state index in [1.54, 1.807) is 19.2 Å². The van der Waals surface area contributed by atoms with Crippen LogP contribution in [0.4, 0.5) is 0 Å². The van der Waals surface area contributed by atoms with E-state index in [0.29, 0.717) is 24.5 Å². The first-order valence-corrected chi connectivity index (χ1v) is 10.1. The second kappa shape index (κ2) is 9.45. The molecule has 1 saturated carbocycles. The molecule has 0 spiro atoms. The van der Waals surface area contributed by atoms with Crippen molar-refractivity contribution in [2.75, 3.05) is 0 Å². The Kier molecular flexibility index (Phi) is 6.75. The average Bonchev–Trinajstić information content (AvgIpc) is 3.23. The Bertz CT molecular complexity index is 864. The highest BCUT2D eigenvalue weighted by atomic mass is 16.2. The van der Waals surface area contributed by atoms with Crippen LogP contribution >= 0.6 is 0 Å². The predicted molar refractivity (Wildman–Crippen MR) is 113 cm³/mol. The van der Waals surface area contributed by atoms with E-state index < -0.39 is 6.04 Å². The molecule has 0 unspecified atom stereocenters. The summed E-state index contributed by atoms with van der Waals surface area (Å²) in [5, 5.41) is 10.3. The van der Waals surface area contributed by atoms with E-state index in [-0.39, 0.29) is 23.4 Å². The predicted octanol–water partition coefficient (Wildman–Crippen LogP) is 2.96. The highest BCUT2D eigenvalue weighted by Gasteiger charge is 2.31. The van der Waals surface area contributed by atoms with Gasteiger partial charge in [-0.05, 0) is 55.7 Å². The number of benzene rings is 1. The van der Waals surface area contributed by atoms with Crippen LogP contribution < -0.4 is 11.1 Å². The number of Topliss-reactive ketones (excluding diaryl/α,β-unsaturated/α-hetero) is 1. The number of nitrogens with zero attached hydrogens (tertiary/aromatic N) is 1. The number of hydrogen-bond acceptors (Lipinski definition) is 4. The molecule has 0 aliphatic heterocycles. The number of ketones is 1. The number of carbonyl (C=O) groups excluding carboxylic acids is 2. The number of nitrogen functional groups attached to an aromatic ring is 1. The standard InChI is InChI=1S/C23H28N4O2/c1-15(21(28)12-8-16-7-11-20(22(24)25)26-14-16)27-23(29)19-10-9-18(13-19)17-5-3-2-4-6-17/h2-7,11,14-15,18-19H,8-10,12-13H2,1H3,(H3,24,25)(H,27,29)/t15-,18+,19+/m0/s1. The molecule has 6 heteroatoms. The van der Waals surface area contributed by atoms with E-state index in [1.807, 2.05) is 24.3 Å². The number of amides is 1. The summed E-state index contributed by atoms with van der Waals surface area (Å²) in [6, 6.07) is 13.3. The van der Waals surface area contributed by atoms with E-state index in [9.17, 15) is 9.59 Å². The van der Waals surface area contributed by atoms with Gasteiger partial charge in [0.15, 0.2) is 5.78 Å². The summed E-state index contributed by atoms with van der Waals surface area (Å²) in [5.41, 5.74) is 8.01. The van der Waals surface area contributed by atoms with Crippen molar-refractivity contribution >= 4 is 17.5 Å². The van der Waals surface area contributed by atoms with Crippen molar-refractivity contribution in [3.8, 4) is 0 Å². The molecule has 1 aliphatic carbocycles. The molecule has 0 radical (unpaired) electrons. The number of nitrogens with one attached hydrogen (secondary N) is 2. The lowest BCUT2D eigenvalue weighted by Crippen LogP contribution is -2.41. The summed E-state index contributed by atoms with van der Waals surface area (Å²) in [5.74, 6) is 0.302. The first-order chi connectivity index (χ1) is 13.9. The van der Waals surface area contributed by atoms with Crippen LogP contribution in [0.1, 0.15) is 55.3 Å². The van der Waals surface area contributed by atoms with Gasteiger partial charge in [0.1, 0.15) is 11.5 Å². The second-order valence-corrected chi connectivity index (χ2v) is 7.78. The van der Waals surface area contributed by atoms with Gasteiger partial charge in [0.25, 0.3) is 0 Å². The van der Waals surface area contributed by atoms with Crippen LogP contribution in [0.5, 0.6) is 0 Å². The zero-order chi connectivity index (χ0) is 20.8. The normalized spacial score (nSPS) is 19.5. The van der Waals surface area contributed by atoms with Gasteiger partial charge in [0, 0.05) is 18.5 Å². The van der Waals surface area contributed by atoms with E-state index in [2.05, 4.69) is 22.4 Å². The lowest BCUT2D eigenvalue weighted by Gasteiger charge is -2.17. The first-order valence-electron chi connectivity index (χ1n) is 10.1. The molecule has 3 atom stereocenters. The molecule has 0 saturated heterocycles. The van der Waals surface area contributed by atoms with Crippen LogP contribution in [0.2, 0.25) is 0 Å². The topological polar surface area (TPSA) is 109 Å². The lowest BCUT2D eigenvalue weighted by molar-refractivity contribution is -0.129. The highest BCUT2D eigenvalue weighted by Crippen LogP contribution is 2.38. The third kappa shape index (κ3) is 5.50. The molecule has 1 fully saturated rings. The van der Waals surface area contributed by atoms with Crippen molar-refractivity contribution in [1.29, 1.82) is 5.41 Å². The van der Waals surface area contributed by atoms with Crippen LogP contribution in [0.25, 0.3) is 0 Å². The molecule has 1 aromatic carbocycles. The second-order valence-electron chi connectivity index (χ2n) is 7.78. The Morgan fingerprint density at radius 2 is 1.97 bits per heavy atom. The summed E-state index contributed by atoms with van der Waals surface area (Å²) in [6.07, 6.45) is 5.22. The molecular weight excluding hydrogens is 364 g/mol. The van der Waals surface area contributed by atoms with Crippen molar-refractivity contribution in [2.45, 2.75) is 51.0 Å². The summed E-state index contributed by atoms with van der Waals surface area (Å²) >= 11 is 0. The minimum atomic E-state index is -0.497. The molecule has 29 heavy (non-hydrogen) atoms. The average molecular weight is 393 g/mol. The minimum Gasteiger partial charge on any atom is -0.382 e. The molecule has 2 aromatic rings. The van der Waals surface area contributed by atoms with E-state index >= 15 is 0 Å². The van der Waals surface area contributed by atoms with Gasteiger partial charge in [-0.15, -0.1) is 0 Å². The molecule has 1 amide bonds. The molecule has 1 aliphatic rings. The summed E-state index contributed by atoms with van der Waals surface area (Å²) in [7, 11) is 0. The van der Waals surface area contributed by atoms with Crippen LogP contribution in [-0.4, -0.2) is 28.6 Å². The lowest BCUT2D eigenvalue weighted by atomic mass is 9.96. The first kappa shape index (κ1) is 20.7. The fourth-order valence-corrected chi connectivity index (χ4v) is 3.88. The van der Waals surface area contributed by atoms with Crippen molar-refractivity contribution in [1.82, 2.24) is 10.3 Å². The SMILES string of the molecule is C[C@H](NC(=O)[C@@H]1CC[C@@H](c2ccccc2)C1)C(=O)CCc1ccc(C(=N)N)nc1. The van der Waals surface area contributed by atoms with Crippen LogP contribution in [0.3, 0.4) is 0 Å². The third-order valence-corrected chi connectivity index (χ3v) is 5.68. The Balaban J connectivity index is 1.45.